The van der Waals surface area contributed by atoms with Gasteiger partial charge < -0.3 is 9.84 Å². The monoisotopic (exact) mass is 192 g/mol. The molecule has 0 amide bonds. The number of rotatable bonds is 4. The molecular weight excluding hydrogens is 180 g/mol. The van der Waals surface area contributed by atoms with Crippen molar-refractivity contribution < 1.29 is 14.6 Å². The van der Waals surface area contributed by atoms with Gasteiger partial charge in [-0.05, 0) is 24.5 Å². The van der Waals surface area contributed by atoms with Gasteiger partial charge in [-0.1, -0.05) is 19.1 Å². The van der Waals surface area contributed by atoms with Gasteiger partial charge in [0.2, 0.25) is 0 Å². The average Bonchev–Trinajstić information content (AvgIpc) is 2.92. The molecule has 0 unspecified atom stereocenters. The van der Waals surface area contributed by atoms with Crippen molar-refractivity contribution in [1.29, 1.82) is 0 Å². The standard InChI is InChI=1S/C11H12O3/c1-2-7(11(12)13)6-8-4-3-5-9-10(8)14-9/h3-5,7H,2,6H2,1H3,(H,12,13)/t7-/m0/s1. The lowest BCUT2D eigenvalue weighted by molar-refractivity contribution is -0.141. The predicted molar refractivity (Wildman–Crippen MR) is 51.6 cm³/mol. The van der Waals surface area contributed by atoms with Crippen LogP contribution in [0.15, 0.2) is 18.2 Å². The zero-order valence-electron chi connectivity index (χ0n) is 7.99. The molecule has 1 aromatic carbocycles. The maximum atomic E-state index is 10.8. The highest BCUT2D eigenvalue weighted by Crippen LogP contribution is 2.48. The fourth-order valence-corrected chi connectivity index (χ4v) is 1.58. The Morgan fingerprint density at radius 2 is 2.36 bits per heavy atom. The molecule has 74 valence electrons. The van der Waals surface area contributed by atoms with Gasteiger partial charge in [-0.3, -0.25) is 4.79 Å². The number of benzene rings is 1. The zero-order valence-corrected chi connectivity index (χ0v) is 7.99. The normalized spacial score (nSPS) is 14.1. The van der Waals surface area contributed by atoms with Crippen LogP contribution >= 0.6 is 0 Å². The number of aliphatic carboxylic acids is 1. The van der Waals surface area contributed by atoms with Crippen molar-refractivity contribution in [2.45, 2.75) is 19.8 Å². The van der Waals surface area contributed by atoms with Gasteiger partial charge in [-0.25, -0.2) is 0 Å². The van der Waals surface area contributed by atoms with Crippen LogP contribution in [0.2, 0.25) is 0 Å². The van der Waals surface area contributed by atoms with Gasteiger partial charge in [0.05, 0.1) is 5.92 Å². The second-order valence-corrected chi connectivity index (χ2v) is 3.49. The van der Waals surface area contributed by atoms with Gasteiger partial charge in [0.15, 0.2) is 11.5 Å². The first-order valence-electron chi connectivity index (χ1n) is 4.75. The van der Waals surface area contributed by atoms with E-state index in [1.54, 1.807) is 0 Å². The summed E-state index contributed by atoms with van der Waals surface area (Å²) >= 11 is 0. The first-order valence-corrected chi connectivity index (χ1v) is 4.75. The lowest BCUT2D eigenvalue weighted by Gasteiger charge is -2.07. The number of ether oxygens (including phenoxy) is 1. The Morgan fingerprint density at radius 1 is 1.57 bits per heavy atom. The molecule has 0 fully saturated rings. The lowest BCUT2D eigenvalue weighted by atomic mass is 9.97. The van der Waals surface area contributed by atoms with Crippen molar-refractivity contribution >= 4 is 5.97 Å². The molecule has 1 aliphatic rings. The van der Waals surface area contributed by atoms with Crippen LogP contribution in [0.3, 0.4) is 0 Å². The van der Waals surface area contributed by atoms with E-state index in [9.17, 15) is 4.79 Å². The fraction of sp³-hybridized carbons (Fsp3) is 0.364. The Bertz CT molecular complexity index is 371. The van der Waals surface area contributed by atoms with E-state index < -0.39 is 5.97 Å². The van der Waals surface area contributed by atoms with Gasteiger partial charge >= 0.3 is 5.97 Å². The van der Waals surface area contributed by atoms with Gasteiger partial charge in [-0.2, -0.15) is 0 Å². The number of hydrogen-bond acceptors (Lipinski definition) is 2. The van der Waals surface area contributed by atoms with Crippen LogP contribution in [-0.4, -0.2) is 11.1 Å². The third-order valence-corrected chi connectivity index (χ3v) is 2.54. The van der Waals surface area contributed by atoms with E-state index in [0.29, 0.717) is 12.8 Å². The maximum Gasteiger partial charge on any atom is 0.306 e. The van der Waals surface area contributed by atoms with Crippen LogP contribution in [0.5, 0.6) is 11.5 Å². The lowest BCUT2D eigenvalue weighted by Crippen LogP contribution is -2.14. The number of carboxylic acids is 1. The minimum absolute atomic E-state index is 0.300. The maximum absolute atomic E-state index is 10.8. The van der Waals surface area contributed by atoms with Gasteiger partial charge in [0.1, 0.15) is 0 Å². The molecule has 0 bridgehead atoms. The van der Waals surface area contributed by atoms with Crippen LogP contribution in [-0.2, 0) is 11.2 Å². The number of carbonyl (C=O) groups is 1. The van der Waals surface area contributed by atoms with E-state index in [-0.39, 0.29) is 5.92 Å². The van der Waals surface area contributed by atoms with Crippen molar-refractivity contribution in [2.75, 3.05) is 0 Å². The molecule has 0 spiro atoms. The van der Waals surface area contributed by atoms with Gasteiger partial charge in [-0.15, -0.1) is 0 Å². The first kappa shape index (κ1) is 9.06. The number of hydrogen-bond donors (Lipinski definition) is 1. The number of para-hydroxylation sites is 1. The third kappa shape index (κ3) is 1.58. The summed E-state index contributed by atoms with van der Waals surface area (Å²) in [6, 6.07) is 5.72. The molecule has 0 saturated carbocycles. The Kier molecular flexibility index (Phi) is 2.15. The average molecular weight is 192 g/mol. The second kappa shape index (κ2) is 3.33. The molecule has 1 heterocycles. The van der Waals surface area contributed by atoms with Crippen LogP contribution in [0.25, 0.3) is 0 Å². The topological polar surface area (TPSA) is 49.8 Å². The Hall–Kier alpha value is -1.51. The predicted octanol–water partition coefficient (Wildman–Crippen LogP) is 2.45. The highest BCUT2D eigenvalue weighted by molar-refractivity contribution is 5.71. The molecule has 0 radical (unpaired) electrons. The van der Waals surface area contributed by atoms with Crippen LogP contribution < -0.4 is 4.74 Å². The summed E-state index contributed by atoms with van der Waals surface area (Å²) in [5, 5.41) is 8.90. The van der Waals surface area contributed by atoms with E-state index >= 15 is 0 Å². The Balaban J connectivity index is 2.11. The number of fused-ring (bicyclic) bond motifs is 1. The number of carboxylic acid groups (broad SMARTS) is 1. The van der Waals surface area contributed by atoms with E-state index in [1.807, 2.05) is 25.1 Å². The molecule has 1 atom stereocenters. The highest BCUT2D eigenvalue weighted by atomic mass is 16.6. The first-order chi connectivity index (χ1) is 6.72. The van der Waals surface area contributed by atoms with Crippen molar-refractivity contribution in [3.8, 4) is 11.5 Å². The fourth-order valence-electron chi connectivity index (χ4n) is 1.58. The third-order valence-electron chi connectivity index (χ3n) is 2.54. The van der Waals surface area contributed by atoms with E-state index in [1.165, 1.54) is 0 Å². The zero-order chi connectivity index (χ0) is 10.1. The molecule has 1 N–H and O–H groups in total. The van der Waals surface area contributed by atoms with Crippen LogP contribution in [0, 0.1) is 5.92 Å². The van der Waals surface area contributed by atoms with Crippen LogP contribution in [0.4, 0.5) is 0 Å². The van der Waals surface area contributed by atoms with Crippen LogP contribution in [0.1, 0.15) is 18.9 Å². The summed E-state index contributed by atoms with van der Waals surface area (Å²) in [6.07, 6.45) is 1.22. The van der Waals surface area contributed by atoms with Crippen molar-refractivity contribution in [1.82, 2.24) is 0 Å². The van der Waals surface area contributed by atoms with E-state index in [2.05, 4.69) is 0 Å². The molecule has 2 rings (SSSR count). The SMILES string of the molecule is CC[C@@H](Cc1cccc2c1O2)C(=O)O. The molecular formula is C11H12O3. The molecule has 14 heavy (non-hydrogen) atoms. The second-order valence-electron chi connectivity index (χ2n) is 3.49. The smallest absolute Gasteiger partial charge is 0.306 e. The molecule has 0 aliphatic carbocycles. The minimum Gasteiger partial charge on any atom is -0.481 e. The van der Waals surface area contributed by atoms with Crippen molar-refractivity contribution in [2.24, 2.45) is 5.92 Å². The summed E-state index contributed by atoms with van der Waals surface area (Å²) in [5.41, 5.74) is 1.01. The molecule has 1 aromatic rings. The summed E-state index contributed by atoms with van der Waals surface area (Å²) in [6.45, 7) is 1.89. The summed E-state index contributed by atoms with van der Waals surface area (Å²) in [7, 11) is 0. The van der Waals surface area contributed by atoms with Crippen molar-refractivity contribution in [3.63, 3.8) is 0 Å². The summed E-state index contributed by atoms with van der Waals surface area (Å²) < 4.78 is 5.20. The summed E-state index contributed by atoms with van der Waals surface area (Å²) in [5.74, 6) is 0.742. The Morgan fingerprint density at radius 3 is 3.00 bits per heavy atom. The molecule has 3 nitrogen and oxygen atoms in total. The minimum atomic E-state index is -0.731. The quantitative estimate of drug-likeness (QED) is 0.757. The van der Waals surface area contributed by atoms with Gasteiger partial charge in [0, 0.05) is 0 Å². The van der Waals surface area contributed by atoms with Crippen molar-refractivity contribution in [3.05, 3.63) is 23.8 Å². The van der Waals surface area contributed by atoms with E-state index in [0.717, 1.165) is 17.1 Å². The van der Waals surface area contributed by atoms with E-state index in [4.69, 9.17) is 9.84 Å². The largest absolute Gasteiger partial charge is 0.481 e. The molecule has 0 aromatic heterocycles. The molecule has 0 saturated heterocycles. The summed E-state index contributed by atoms with van der Waals surface area (Å²) in [4.78, 5) is 10.8. The van der Waals surface area contributed by atoms with Gasteiger partial charge in [0.25, 0.3) is 0 Å². The highest BCUT2D eigenvalue weighted by Gasteiger charge is 2.26. The molecule has 1 aliphatic heterocycles. The molecule has 3 heteroatoms. The Labute approximate surface area is 82.3 Å².